The molecule has 0 amide bonds. The molecule has 0 aliphatic rings. The Morgan fingerprint density at radius 2 is 0.397 bits per heavy atom. The maximum absolute atomic E-state index is 16.1. The summed E-state index contributed by atoms with van der Waals surface area (Å²) < 4.78 is 48.4. The Kier molecular flexibility index (Phi) is 10.4. The van der Waals surface area contributed by atoms with Gasteiger partial charge in [0.15, 0.2) is 21.4 Å². The largest absolute Gasteiger partial charge is 0.309 e. The fraction of sp³-hybridized carbons (Fsp3) is 0.0526. The third-order valence-electron chi connectivity index (χ3n) is 12.6. The molecule has 0 aliphatic carbocycles. The van der Waals surface area contributed by atoms with Crippen LogP contribution in [0.4, 0.5) is 0 Å². The molecular weight excluding hydrogens is 826 g/mol. The van der Waals surface area contributed by atoms with Gasteiger partial charge in [-0.1, -0.05) is 200 Å². The van der Waals surface area contributed by atoms with E-state index in [4.69, 9.17) is 0 Å². The van der Waals surface area contributed by atoms with Gasteiger partial charge < -0.3 is 13.7 Å². The first-order valence-electron chi connectivity index (χ1n) is 21.2. The van der Waals surface area contributed by atoms with Crippen LogP contribution in [0.15, 0.2) is 218 Å². The van der Waals surface area contributed by atoms with Crippen molar-refractivity contribution in [3.05, 3.63) is 235 Å². The topological polar surface area (TPSA) is 51.2 Å². The molecule has 0 aromatic heterocycles. The fourth-order valence-corrected chi connectivity index (χ4v) is 18.3. The van der Waals surface area contributed by atoms with Gasteiger partial charge in [0.05, 0.1) is 0 Å². The summed E-state index contributed by atoms with van der Waals surface area (Å²) in [5, 5.41) is 12.6. The van der Waals surface area contributed by atoms with Gasteiger partial charge in [-0.25, -0.2) is 0 Å². The van der Waals surface area contributed by atoms with Crippen molar-refractivity contribution in [1.29, 1.82) is 0 Å². The predicted molar refractivity (Wildman–Crippen MR) is 271 cm³/mol. The van der Waals surface area contributed by atoms with Crippen LogP contribution in [0.1, 0.15) is 16.7 Å². The van der Waals surface area contributed by atoms with Crippen molar-refractivity contribution in [1.82, 2.24) is 0 Å². The van der Waals surface area contributed by atoms with Gasteiger partial charge in [0.1, 0.15) is 0 Å². The zero-order chi connectivity index (χ0) is 43.3. The average molecular weight is 871 g/mol. The number of hydrogen-bond acceptors (Lipinski definition) is 3. The number of fused-ring (bicyclic) bond motifs is 6. The lowest BCUT2D eigenvalue weighted by Gasteiger charge is -2.26. The summed E-state index contributed by atoms with van der Waals surface area (Å²) in [6.07, 6.45) is 0. The van der Waals surface area contributed by atoms with E-state index in [1.54, 1.807) is 0 Å². The molecule has 0 atom stereocenters. The highest BCUT2D eigenvalue weighted by molar-refractivity contribution is 7.86. The highest BCUT2D eigenvalue weighted by Gasteiger charge is 2.36. The van der Waals surface area contributed by atoms with E-state index in [-0.39, 0.29) is 0 Å². The quantitative estimate of drug-likeness (QED) is 0.107. The van der Waals surface area contributed by atoms with Gasteiger partial charge >= 0.3 is 0 Å². The molecule has 6 heteroatoms. The minimum atomic E-state index is -3.40. The molecule has 3 nitrogen and oxygen atoms in total. The van der Waals surface area contributed by atoms with Gasteiger partial charge in [-0.15, -0.1) is 0 Å². The van der Waals surface area contributed by atoms with E-state index in [0.717, 1.165) is 96.7 Å². The Hall–Kier alpha value is -6.33. The predicted octanol–water partition coefficient (Wildman–Crippen LogP) is 11.0. The molecule has 0 saturated heterocycles. The lowest BCUT2D eigenvalue weighted by Crippen LogP contribution is -2.27. The molecule has 0 aliphatic heterocycles. The minimum Gasteiger partial charge on any atom is -0.309 e. The van der Waals surface area contributed by atoms with Crippen LogP contribution >= 0.6 is 21.4 Å². The molecule has 0 spiro atoms. The number of aryl methyl sites for hydroxylation is 3. The average Bonchev–Trinajstić information content (AvgIpc) is 3.34. The Labute approximate surface area is 369 Å². The van der Waals surface area contributed by atoms with Gasteiger partial charge in [-0.2, -0.15) is 0 Å². The van der Waals surface area contributed by atoms with Crippen molar-refractivity contribution in [2.45, 2.75) is 20.8 Å². The maximum Gasteiger partial charge on any atom is 0.171 e. The molecule has 0 N–H and O–H groups in total. The van der Waals surface area contributed by atoms with Crippen LogP contribution in [-0.4, -0.2) is 0 Å². The molecule has 10 rings (SSSR count). The zero-order valence-corrected chi connectivity index (χ0v) is 38.0. The van der Waals surface area contributed by atoms with Crippen molar-refractivity contribution in [2.24, 2.45) is 0 Å². The Balaban J connectivity index is 1.36. The lowest BCUT2D eigenvalue weighted by molar-refractivity contribution is 0.591. The second-order valence-electron chi connectivity index (χ2n) is 16.4. The highest BCUT2D eigenvalue weighted by atomic mass is 31.2. The molecular formula is C57H45O3P3. The molecule has 0 bridgehead atoms. The molecule has 0 saturated carbocycles. The third kappa shape index (κ3) is 6.62. The first-order valence-corrected chi connectivity index (χ1v) is 26.4. The van der Waals surface area contributed by atoms with Crippen LogP contribution in [0.3, 0.4) is 0 Å². The zero-order valence-electron chi connectivity index (χ0n) is 35.4. The standard InChI is InChI=1S/C57H45O3P3/c1-40-34-49-52(37-55(40)61(58,43-22-10-4-11-23-43)44-24-12-5-13-25-44)50-35-41(2)57(63(60,47-30-18-8-19-31-47)48-32-20-9-21-33-48)39-54(50)51-36-42(3)56(38-53(49)51)62(59,45-26-14-6-15-27-45)46-28-16-7-17-29-46/h4-39H,1-3H3. The first-order chi connectivity index (χ1) is 30.6. The Bertz CT molecular complexity index is 2950. The van der Waals surface area contributed by atoms with Crippen molar-refractivity contribution in [3.8, 4) is 0 Å². The monoisotopic (exact) mass is 870 g/mol. The normalized spacial score (nSPS) is 12.2. The highest BCUT2D eigenvalue weighted by Crippen LogP contribution is 2.50. The van der Waals surface area contributed by atoms with Crippen molar-refractivity contribution >= 4 is 101 Å². The van der Waals surface area contributed by atoms with Crippen LogP contribution in [0.2, 0.25) is 0 Å². The molecule has 63 heavy (non-hydrogen) atoms. The second-order valence-corrected chi connectivity index (χ2v) is 24.6. The van der Waals surface area contributed by atoms with E-state index in [1.807, 2.05) is 182 Å². The van der Waals surface area contributed by atoms with E-state index in [9.17, 15) is 0 Å². The first kappa shape index (κ1) is 40.7. The molecule has 10 aromatic rings. The third-order valence-corrected chi connectivity index (χ3v) is 22.2. The summed E-state index contributed by atoms with van der Waals surface area (Å²) in [5.74, 6) is 0. The van der Waals surface area contributed by atoms with Crippen LogP contribution in [0.25, 0.3) is 32.3 Å². The van der Waals surface area contributed by atoms with E-state index < -0.39 is 21.4 Å². The van der Waals surface area contributed by atoms with Gasteiger partial charge in [0, 0.05) is 47.7 Å². The van der Waals surface area contributed by atoms with Gasteiger partial charge in [0.2, 0.25) is 0 Å². The summed E-state index contributed by atoms with van der Waals surface area (Å²) in [6.45, 7) is 6.17. The summed E-state index contributed by atoms with van der Waals surface area (Å²) in [4.78, 5) is 0. The van der Waals surface area contributed by atoms with Gasteiger partial charge in [-0.3, -0.25) is 0 Å². The van der Waals surface area contributed by atoms with Crippen molar-refractivity contribution in [3.63, 3.8) is 0 Å². The number of hydrogen-bond donors (Lipinski definition) is 0. The van der Waals surface area contributed by atoms with Crippen molar-refractivity contribution in [2.75, 3.05) is 0 Å². The summed E-state index contributed by atoms with van der Waals surface area (Å²) >= 11 is 0. The van der Waals surface area contributed by atoms with Crippen molar-refractivity contribution < 1.29 is 13.7 Å². The Morgan fingerprint density at radius 1 is 0.238 bits per heavy atom. The number of benzene rings is 10. The molecule has 0 unspecified atom stereocenters. The molecule has 0 heterocycles. The van der Waals surface area contributed by atoms with Crippen LogP contribution in [0.5, 0.6) is 0 Å². The van der Waals surface area contributed by atoms with E-state index in [2.05, 4.69) is 57.2 Å². The maximum atomic E-state index is 16.1. The summed E-state index contributed by atoms with van der Waals surface area (Å²) in [5.41, 5.74) is 2.71. The molecule has 306 valence electrons. The van der Waals surface area contributed by atoms with E-state index >= 15 is 13.7 Å². The molecule has 0 fully saturated rings. The molecule has 10 aromatic carbocycles. The summed E-state index contributed by atoms with van der Waals surface area (Å²) in [6, 6.07) is 71.8. The van der Waals surface area contributed by atoms with Crippen LogP contribution in [-0.2, 0) is 13.7 Å². The van der Waals surface area contributed by atoms with Crippen LogP contribution < -0.4 is 47.7 Å². The molecule has 0 radical (unpaired) electrons. The SMILES string of the molecule is Cc1cc2c(cc1P(=O)(c1ccccc1)c1ccccc1)c1cc(C)c(P(=O)(c3ccccc3)c3ccccc3)cc1c1cc(C)c(P(=O)(c3ccccc3)c3ccccc3)cc21. The van der Waals surface area contributed by atoms with Crippen LogP contribution in [0, 0.1) is 20.8 Å². The minimum absolute atomic E-state index is 0.762. The van der Waals surface area contributed by atoms with E-state index in [0.29, 0.717) is 0 Å². The van der Waals surface area contributed by atoms with Gasteiger partial charge in [-0.05, 0) is 88.0 Å². The Morgan fingerprint density at radius 3 is 0.571 bits per heavy atom. The summed E-state index contributed by atoms with van der Waals surface area (Å²) in [7, 11) is -10.2. The lowest BCUT2D eigenvalue weighted by atomic mass is 9.91. The smallest absolute Gasteiger partial charge is 0.171 e. The second kappa shape index (κ2) is 16.1. The number of rotatable bonds is 9. The van der Waals surface area contributed by atoms with Gasteiger partial charge in [0.25, 0.3) is 0 Å². The van der Waals surface area contributed by atoms with E-state index in [1.165, 1.54) is 0 Å². The fourth-order valence-electron chi connectivity index (χ4n) is 9.55.